The first-order valence-electron chi connectivity index (χ1n) is 7.60. The minimum Gasteiger partial charge on any atom is -0.454 e. The predicted molar refractivity (Wildman–Crippen MR) is 89.9 cm³/mol. The van der Waals surface area contributed by atoms with Crippen LogP contribution in [0.1, 0.15) is 25.3 Å². The monoisotopic (exact) mass is 362 g/mol. The molecule has 1 aromatic carbocycles. The highest BCUT2D eigenvalue weighted by atomic mass is 35.5. The molecule has 2 aliphatic heterocycles. The van der Waals surface area contributed by atoms with E-state index in [0.29, 0.717) is 23.0 Å². The molecule has 2 aliphatic rings. The number of fused-ring (bicyclic) bond motifs is 1. The average Bonchev–Trinajstić information content (AvgIpc) is 2.94. The Hall–Kier alpha value is -1.02. The molecule has 2 heterocycles. The molecule has 0 amide bonds. The van der Waals surface area contributed by atoms with E-state index in [2.05, 4.69) is 10.0 Å². The lowest BCUT2D eigenvalue weighted by Crippen LogP contribution is -2.44. The first-order chi connectivity index (χ1) is 10.5. The van der Waals surface area contributed by atoms with Crippen LogP contribution < -0.4 is 19.5 Å². The third-order valence-electron chi connectivity index (χ3n) is 4.34. The van der Waals surface area contributed by atoms with E-state index >= 15 is 0 Å². The number of hydrogen-bond acceptors (Lipinski definition) is 5. The number of piperidine rings is 1. The summed E-state index contributed by atoms with van der Waals surface area (Å²) in [5.41, 5.74) is 0.658. The molecule has 23 heavy (non-hydrogen) atoms. The first-order valence-corrected chi connectivity index (χ1v) is 9.09. The van der Waals surface area contributed by atoms with Gasteiger partial charge in [-0.25, -0.2) is 13.1 Å². The van der Waals surface area contributed by atoms with E-state index < -0.39 is 10.0 Å². The predicted octanol–water partition coefficient (Wildman–Crippen LogP) is 1.81. The van der Waals surface area contributed by atoms with Crippen LogP contribution in [0.15, 0.2) is 17.0 Å². The van der Waals surface area contributed by atoms with E-state index in [-0.39, 0.29) is 30.1 Å². The van der Waals surface area contributed by atoms with Crippen molar-refractivity contribution in [2.24, 2.45) is 5.92 Å². The van der Waals surface area contributed by atoms with Gasteiger partial charge in [-0.2, -0.15) is 0 Å². The van der Waals surface area contributed by atoms with Crippen LogP contribution in [0.25, 0.3) is 0 Å². The molecule has 0 saturated carbocycles. The Morgan fingerprint density at radius 1 is 1.30 bits per heavy atom. The second kappa shape index (κ2) is 7.25. The zero-order valence-corrected chi connectivity index (χ0v) is 14.9. The molecule has 1 saturated heterocycles. The van der Waals surface area contributed by atoms with Gasteiger partial charge >= 0.3 is 0 Å². The van der Waals surface area contributed by atoms with Gasteiger partial charge in [0.25, 0.3) is 0 Å². The third kappa shape index (κ3) is 3.91. The Morgan fingerprint density at radius 2 is 2.00 bits per heavy atom. The van der Waals surface area contributed by atoms with Crippen LogP contribution in [-0.2, 0) is 10.0 Å². The highest BCUT2D eigenvalue weighted by Crippen LogP contribution is 2.36. The molecular formula is C15H23ClN2O4S. The van der Waals surface area contributed by atoms with Gasteiger partial charge in [-0.15, -0.1) is 12.4 Å². The summed E-state index contributed by atoms with van der Waals surface area (Å²) in [6.45, 7) is 5.69. The fourth-order valence-electron chi connectivity index (χ4n) is 3.02. The average molecular weight is 363 g/mol. The number of halogens is 1. The lowest BCUT2D eigenvalue weighted by Gasteiger charge is -2.28. The van der Waals surface area contributed by atoms with Crippen LogP contribution in [0.3, 0.4) is 0 Å². The van der Waals surface area contributed by atoms with Gasteiger partial charge in [0.05, 0.1) is 4.90 Å². The third-order valence-corrected chi connectivity index (χ3v) is 6.04. The largest absolute Gasteiger partial charge is 0.454 e. The Morgan fingerprint density at radius 3 is 2.65 bits per heavy atom. The maximum atomic E-state index is 12.7. The maximum Gasteiger partial charge on any atom is 0.241 e. The minimum absolute atomic E-state index is 0. The lowest BCUT2D eigenvalue weighted by atomic mass is 9.94. The summed E-state index contributed by atoms with van der Waals surface area (Å²) in [7, 11) is -3.57. The van der Waals surface area contributed by atoms with Crippen LogP contribution in [0.2, 0.25) is 0 Å². The van der Waals surface area contributed by atoms with Crippen LogP contribution in [-0.4, -0.2) is 34.3 Å². The smallest absolute Gasteiger partial charge is 0.241 e. The van der Waals surface area contributed by atoms with Crippen LogP contribution in [0.5, 0.6) is 11.5 Å². The van der Waals surface area contributed by atoms with Gasteiger partial charge in [-0.05, 0) is 57.3 Å². The molecule has 2 atom stereocenters. The molecule has 0 aliphatic carbocycles. The first kappa shape index (κ1) is 18.3. The van der Waals surface area contributed by atoms with E-state index in [0.717, 1.165) is 25.9 Å². The molecule has 2 N–H and O–H groups in total. The molecule has 0 radical (unpaired) electrons. The van der Waals surface area contributed by atoms with E-state index in [1.54, 1.807) is 19.1 Å². The summed E-state index contributed by atoms with van der Waals surface area (Å²) in [6.07, 6.45) is 2.12. The number of rotatable bonds is 4. The van der Waals surface area contributed by atoms with Gasteiger partial charge in [-0.3, -0.25) is 0 Å². The molecule has 0 spiro atoms. The van der Waals surface area contributed by atoms with Crippen LogP contribution in [0, 0.1) is 12.8 Å². The summed E-state index contributed by atoms with van der Waals surface area (Å²) in [5.74, 6) is 1.40. The second-order valence-electron chi connectivity index (χ2n) is 5.99. The molecule has 8 heteroatoms. The number of hydrogen-bond donors (Lipinski definition) is 2. The Labute approximate surface area is 143 Å². The van der Waals surface area contributed by atoms with Gasteiger partial charge in [-0.1, -0.05) is 0 Å². The van der Waals surface area contributed by atoms with E-state index in [9.17, 15) is 8.42 Å². The van der Waals surface area contributed by atoms with Crippen LogP contribution >= 0.6 is 12.4 Å². The van der Waals surface area contributed by atoms with Crippen molar-refractivity contribution in [3.63, 3.8) is 0 Å². The normalized spacial score (nSPS) is 21.6. The number of ether oxygens (including phenoxy) is 2. The summed E-state index contributed by atoms with van der Waals surface area (Å²) in [5, 5.41) is 3.32. The van der Waals surface area contributed by atoms with Crippen molar-refractivity contribution >= 4 is 22.4 Å². The van der Waals surface area contributed by atoms with E-state index in [4.69, 9.17) is 9.47 Å². The van der Waals surface area contributed by atoms with Crippen molar-refractivity contribution in [1.82, 2.24) is 10.0 Å². The van der Waals surface area contributed by atoms with Crippen LogP contribution in [0.4, 0.5) is 0 Å². The molecule has 1 fully saturated rings. The Kier molecular flexibility index (Phi) is 5.78. The summed E-state index contributed by atoms with van der Waals surface area (Å²) in [6, 6.07) is 3.15. The zero-order valence-electron chi connectivity index (χ0n) is 13.3. The maximum absolute atomic E-state index is 12.7. The van der Waals surface area contributed by atoms with Gasteiger partial charge < -0.3 is 14.8 Å². The van der Waals surface area contributed by atoms with Crippen molar-refractivity contribution in [1.29, 1.82) is 0 Å². The molecule has 6 nitrogen and oxygen atoms in total. The number of aryl methyl sites for hydroxylation is 1. The van der Waals surface area contributed by atoms with Crippen molar-refractivity contribution in [3.8, 4) is 11.5 Å². The van der Waals surface area contributed by atoms with E-state index in [1.165, 1.54) is 0 Å². The number of nitrogens with one attached hydrogen (secondary N) is 2. The Bertz CT molecular complexity index is 660. The van der Waals surface area contributed by atoms with Gasteiger partial charge in [0.15, 0.2) is 11.5 Å². The summed E-state index contributed by atoms with van der Waals surface area (Å²) < 4.78 is 38.7. The highest BCUT2D eigenvalue weighted by Gasteiger charge is 2.28. The van der Waals surface area contributed by atoms with Gasteiger partial charge in [0.2, 0.25) is 16.8 Å². The molecule has 3 rings (SSSR count). The zero-order chi connectivity index (χ0) is 15.7. The second-order valence-corrected chi connectivity index (χ2v) is 7.67. The van der Waals surface area contributed by atoms with Gasteiger partial charge in [0.1, 0.15) is 0 Å². The summed E-state index contributed by atoms with van der Waals surface area (Å²) >= 11 is 0. The van der Waals surface area contributed by atoms with Crippen molar-refractivity contribution in [3.05, 3.63) is 17.7 Å². The topological polar surface area (TPSA) is 76.7 Å². The molecule has 0 bridgehead atoms. The van der Waals surface area contributed by atoms with E-state index in [1.807, 2.05) is 6.92 Å². The Balaban J connectivity index is 0.00000192. The minimum atomic E-state index is -3.57. The summed E-state index contributed by atoms with van der Waals surface area (Å²) in [4.78, 5) is 0.257. The highest BCUT2D eigenvalue weighted by molar-refractivity contribution is 7.89. The van der Waals surface area contributed by atoms with Crippen molar-refractivity contribution < 1.29 is 17.9 Å². The number of sulfonamides is 1. The fourth-order valence-corrected chi connectivity index (χ4v) is 4.58. The SMILES string of the molecule is Cc1cc2c(cc1S(=O)(=O)NC(C)C1CCCNC1)OCO2.Cl. The quantitative estimate of drug-likeness (QED) is 0.854. The molecule has 2 unspecified atom stereocenters. The van der Waals surface area contributed by atoms with Crippen molar-refractivity contribution in [2.75, 3.05) is 19.9 Å². The molecular weight excluding hydrogens is 340 g/mol. The molecule has 130 valence electrons. The van der Waals surface area contributed by atoms with Crippen molar-refractivity contribution in [2.45, 2.75) is 37.6 Å². The number of benzene rings is 1. The van der Waals surface area contributed by atoms with Gasteiger partial charge in [0, 0.05) is 12.1 Å². The fraction of sp³-hybridized carbons (Fsp3) is 0.600. The standard InChI is InChI=1S/C15H22N2O4S.ClH/c1-10-6-13-14(21-9-20-13)7-15(10)22(18,19)17-11(2)12-4-3-5-16-8-12;/h6-7,11-12,16-17H,3-5,8-9H2,1-2H3;1H. The molecule has 1 aromatic rings. The molecule has 0 aromatic heterocycles. The lowest BCUT2D eigenvalue weighted by molar-refractivity contribution is 0.174.